The van der Waals surface area contributed by atoms with E-state index in [1.807, 2.05) is 0 Å². The van der Waals surface area contributed by atoms with E-state index in [0.29, 0.717) is 6.04 Å². The number of aliphatic hydroxyl groups is 1. The summed E-state index contributed by atoms with van der Waals surface area (Å²) in [6, 6.07) is 0.428. The molecule has 0 radical (unpaired) electrons. The highest BCUT2D eigenvalue weighted by atomic mass is 16.3. The molecule has 0 amide bonds. The van der Waals surface area contributed by atoms with Crippen LogP contribution in [0.4, 0.5) is 0 Å². The second-order valence-corrected chi connectivity index (χ2v) is 3.88. The van der Waals surface area contributed by atoms with Gasteiger partial charge in [0.15, 0.2) is 0 Å². The Balaban J connectivity index is 1.99. The summed E-state index contributed by atoms with van der Waals surface area (Å²) in [6.45, 7) is 1.11. The molecule has 1 saturated heterocycles. The molecule has 0 bridgehead atoms. The molecule has 1 heterocycles. The molecule has 2 aliphatic rings. The molecule has 1 aliphatic carbocycles. The smallest absolute Gasteiger partial charge is 0.0695 e. The molecule has 0 aromatic carbocycles. The molecule has 64 valence electrons. The van der Waals surface area contributed by atoms with Crippen LogP contribution in [-0.4, -0.2) is 23.8 Å². The van der Waals surface area contributed by atoms with Gasteiger partial charge in [0.2, 0.25) is 0 Å². The average Bonchev–Trinajstić information content (AvgIpc) is 2.06. The van der Waals surface area contributed by atoms with Gasteiger partial charge in [0.1, 0.15) is 0 Å². The number of fused-ring (bicyclic) bond motifs is 1. The van der Waals surface area contributed by atoms with Crippen LogP contribution in [0.25, 0.3) is 0 Å². The van der Waals surface area contributed by atoms with Gasteiger partial charge in [-0.15, -0.1) is 0 Å². The van der Waals surface area contributed by atoms with Gasteiger partial charge in [-0.1, -0.05) is 6.42 Å². The van der Waals surface area contributed by atoms with E-state index in [0.717, 1.165) is 18.9 Å². The number of hydrogen-bond donors (Lipinski definition) is 2. The summed E-state index contributed by atoms with van der Waals surface area (Å²) in [5, 5.41) is 13.1. The van der Waals surface area contributed by atoms with Crippen molar-refractivity contribution in [1.82, 2.24) is 5.32 Å². The lowest BCUT2D eigenvalue weighted by Crippen LogP contribution is -2.51. The van der Waals surface area contributed by atoms with Crippen molar-refractivity contribution in [3.05, 3.63) is 0 Å². The maximum atomic E-state index is 9.64. The summed E-state index contributed by atoms with van der Waals surface area (Å²) in [5.74, 6) is 0.771. The number of nitrogens with one attached hydrogen (secondary N) is 1. The van der Waals surface area contributed by atoms with Crippen molar-refractivity contribution in [3.63, 3.8) is 0 Å². The lowest BCUT2D eigenvalue weighted by atomic mass is 9.78. The second-order valence-electron chi connectivity index (χ2n) is 3.88. The predicted octanol–water partition coefficient (Wildman–Crippen LogP) is 0.899. The molecule has 2 heteroatoms. The van der Waals surface area contributed by atoms with E-state index in [1.165, 1.54) is 25.7 Å². The molecule has 2 N–H and O–H groups in total. The van der Waals surface area contributed by atoms with E-state index in [4.69, 9.17) is 0 Å². The van der Waals surface area contributed by atoms with Gasteiger partial charge in [-0.25, -0.2) is 0 Å². The molecule has 0 spiro atoms. The van der Waals surface area contributed by atoms with Gasteiger partial charge in [0.05, 0.1) is 6.10 Å². The molecule has 0 aromatic rings. The summed E-state index contributed by atoms with van der Waals surface area (Å²) in [6.07, 6.45) is 6.13. The summed E-state index contributed by atoms with van der Waals surface area (Å²) in [7, 11) is 0. The van der Waals surface area contributed by atoms with E-state index in [1.54, 1.807) is 0 Å². The van der Waals surface area contributed by atoms with Crippen molar-refractivity contribution in [2.45, 2.75) is 44.2 Å². The van der Waals surface area contributed by atoms with Crippen LogP contribution in [-0.2, 0) is 0 Å². The van der Waals surface area contributed by atoms with Crippen LogP contribution in [0.1, 0.15) is 32.1 Å². The third kappa shape index (κ3) is 1.42. The zero-order valence-corrected chi connectivity index (χ0v) is 6.92. The van der Waals surface area contributed by atoms with E-state index in [-0.39, 0.29) is 6.10 Å². The minimum atomic E-state index is -0.0611. The molecule has 2 fully saturated rings. The van der Waals surface area contributed by atoms with E-state index in [9.17, 15) is 5.11 Å². The van der Waals surface area contributed by atoms with E-state index >= 15 is 0 Å². The lowest BCUT2D eigenvalue weighted by molar-refractivity contribution is 0.0424. The Labute approximate surface area is 68.0 Å². The van der Waals surface area contributed by atoms with Crippen molar-refractivity contribution < 1.29 is 5.11 Å². The normalized spacial score (nSPS) is 45.0. The largest absolute Gasteiger partial charge is 0.391 e. The highest BCUT2D eigenvalue weighted by molar-refractivity contribution is 4.90. The first-order valence-corrected chi connectivity index (χ1v) is 4.79. The standard InChI is InChI=1S/C9H17NO/c11-8-5-1-3-7-4-2-6-10-9(7)8/h7-11H,1-6H2/t7-,8+,9-/m0/s1. The number of aliphatic hydroxyl groups excluding tert-OH is 1. The summed E-state index contributed by atoms with van der Waals surface area (Å²) >= 11 is 0. The predicted molar refractivity (Wildman–Crippen MR) is 44.4 cm³/mol. The number of piperidine rings is 1. The molecule has 0 aromatic heterocycles. The van der Waals surface area contributed by atoms with Gasteiger partial charge in [0, 0.05) is 6.04 Å². The summed E-state index contributed by atoms with van der Waals surface area (Å²) in [5.41, 5.74) is 0. The van der Waals surface area contributed by atoms with Gasteiger partial charge >= 0.3 is 0 Å². The third-order valence-corrected chi connectivity index (χ3v) is 3.13. The van der Waals surface area contributed by atoms with Gasteiger partial charge in [-0.2, -0.15) is 0 Å². The Bertz CT molecular complexity index is 136. The van der Waals surface area contributed by atoms with Crippen LogP contribution in [0.15, 0.2) is 0 Å². The molecule has 11 heavy (non-hydrogen) atoms. The van der Waals surface area contributed by atoms with Crippen molar-refractivity contribution in [2.75, 3.05) is 6.54 Å². The maximum Gasteiger partial charge on any atom is 0.0695 e. The van der Waals surface area contributed by atoms with Gasteiger partial charge in [0.25, 0.3) is 0 Å². The molecule has 3 atom stereocenters. The third-order valence-electron chi connectivity index (χ3n) is 3.13. The monoisotopic (exact) mass is 155 g/mol. The molecule has 1 saturated carbocycles. The quantitative estimate of drug-likeness (QED) is 0.544. The van der Waals surface area contributed by atoms with Crippen molar-refractivity contribution >= 4 is 0 Å². The van der Waals surface area contributed by atoms with Crippen LogP contribution in [0.5, 0.6) is 0 Å². The zero-order chi connectivity index (χ0) is 7.68. The SMILES string of the molecule is O[C@@H]1CCC[C@H]2CCCN[C@@H]21. The fourth-order valence-electron chi connectivity index (χ4n) is 2.52. The highest BCUT2D eigenvalue weighted by Crippen LogP contribution is 2.30. The van der Waals surface area contributed by atoms with Gasteiger partial charge in [-0.3, -0.25) is 0 Å². The first-order valence-electron chi connectivity index (χ1n) is 4.79. The van der Waals surface area contributed by atoms with E-state index < -0.39 is 0 Å². The number of hydrogen-bond acceptors (Lipinski definition) is 2. The Morgan fingerprint density at radius 1 is 1.09 bits per heavy atom. The van der Waals surface area contributed by atoms with Crippen LogP contribution < -0.4 is 5.32 Å². The van der Waals surface area contributed by atoms with Crippen molar-refractivity contribution in [3.8, 4) is 0 Å². The topological polar surface area (TPSA) is 32.3 Å². The first-order chi connectivity index (χ1) is 5.38. The fourth-order valence-corrected chi connectivity index (χ4v) is 2.52. The van der Waals surface area contributed by atoms with Crippen LogP contribution in [0.3, 0.4) is 0 Å². The Kier molecular flexibility index (Phi) is 2.14. The first kappa shape index (κ1) is 7.56. The zero-order valence-electron chi connectivity index (χ0n) is 6.92. The summed E-state index contributed by atoms with van der Waals surface area (Å²) < 4.78 is 0. The van der Waals surface area contributed by atoms with Crippen LogP contribution in [0, 0.1) is 5.92 Å². The Morgan fingerprint density at radius 2 is 1.91 bits per heavy atom. The molecule has 2 rings (SSSR count). The average molecular weight is 155 g/mol. The minimum Gasteiger partial charge on any atom is -0.391 e. The van der Waals surface area contributed by atoms with E-state index in [2.05, 4.69) is 5.32 Å². The van der Waals surface area contributed by atoms with Crippen molar-refractivity contribution in [2.24, 2.45) is 5.92 Å². The lowest BCUT2D eigenvalue weighted by Gasteiger charge is -2.39. The Morgan fingerprint density at radius 3 is 2.73 bits per heavy atom. The van der Waals surface area contributed by atoms with Gasteiger partial charge < -0.3 is 10.4 Å². The number of rotatable bonds is 0. The second kappa shape index (κ2) is 3.11. The fraction of sp³-hybridized carbons (Fsp3) is 1.00. The molecule has 2 nitrogen and oxygen atoms in total. The van der Waals surface area contributed by atoms with Crippen LogP contribution >= 0.6 is 0 Å². The molecular formula is C9H17NO. The minimum absolute atomic E-state index is 0.0611. The maximum absolute atomic E-state index is 9.64. The van der Waals surface area contributed by atoms with Gasteiger partial charge in [-0.05, 0) is 38.1 Å². The molecule has 1 aliphatic heterocycles. The molecule has 0 unspecified atom stereocenters. The van der Waals surface area contributed by atoms with Crippen molar-refractivity contribution in [1.29, 1.82) is 0 Å². The Hall–Kier alpha value is -0.0800. The highest BCUT2D eigenvalue weighted by Gasteiger charge is 2.33. The molecular weight excluding hydrogens is 138 g/mol. The van der Waals surface area contributed by atoms with Crippen LogP contribution in [0.2, 0.25) is 0 Å². The summed E-state index contributed by atoms with van der Waals surface area (Å²) in [4.78, 5) is 0.